The third-order valence-electron chi connectivity index (χ3n) is 5.20. The number of nitrogens with zero attached hydrogens (tertiary/aromatic N) is 2. The maximum atomic E-state index is 13.6. The van der Waals surface area contributed by atoms with Gasteiger partial charge in [0.2, 0.25) is 0 Å². The number of benzene rings is 1. The van der Waals surface area contributed by atoms with Gasteiger partial charge in [-0.25, -0.2) is 0 Å². The minimum Gasteiger partial charge on any atom is -0.507 e. The summed E-state index contributed by atoms with van der Waals surface area (Å²) in [6.45, 7) is 1.53. The van der Waals surface area contributed by atoms with Gasteiger partial charge in [-0.1, -0.05) is 31.4 Å². The number of carbonyl (C=O) groups is 1. The number of aromatic hydroxyl groups is 1. The second-order valence-corrected chi connectivity index (χ2v) is 7.01. The molecule has 1 aliphatic carbocycles. The Morgan fingerprint density at radius 1 is 1.27 bits per heavy atom. The maximum absolute atomic E-state index is 13.6. The van der Waals surface area contributed by atoms with Crippen molar-refractivity contribution in [2.24, 2.45) is 11.0 Å². The molecule has 1 atom stereocenters. The summed E-state index contributed by atoms with van der Waals surface area (Å²) in [5.74, 6) is -1.75. The molecule has 3 rings (SSSR count). The van der Waals surface area contributed by atoms with Gasteiger partial charge >= 0.3 is 6.18 Å². The Bertz CT molecular complexity index is 742. The van der Waals surface area contributed by atoms with Crippen LogP contribution >= 0.6 is 0 Å². The van der Waals surface area contributed by atoms with Gasteiger partial charge in [0.25, 0.3) is 11.6 Å². The van der Waals surface area contributed by atoms with E-state index in [2.05, 4.69) is 5.10 Å². The number of carbonyl (C=O) groups excluding carboxylic acids is 1. The molecular formula is C18H21F3N2O3. The molecule has 1 aromatic rings. The number of para-hydroxylation sites is 1. The van der Waals surface area contributed by atoms with E-state index >= 15 is 0 Å². The van der Waals surface area contributed by atoms with Crippen molar-refractivity contribution in [3.05, 3.63) is 29.3 Å². The highest BCUT2D eigenvalue weighted by atomic mass is 19.4. The molecular weight excluding hydrogens is 349 g/mol. The number of aliphatic hydroxyl groups is 1. The molecule has 0 saturated heterocycles. The zero-order valence-electron chi connectivity index (χ0n) is 14.4. The molecule has 2 N–H and O–H groups in total. The van der Waals surface area contributed by atoms with Crippen LogP contribution < -0.4 is 0 Å². The van der Waals surface area contributed by atoms with Gasteiger partial charge < -0.3 is 10.2 Å². The van der Waals surface area contributed by atoms with E-state index in [0.29, 0.717) is 18.4 Å². The summed E-state index contributed by atoms with van der Waals surface area (Å²) in [6.07, 6.45) is -1.62. The van der Waals surface area contributed by atoms with Crippen molar-refractivity contribution in [1.29, 1.82) is 0 Å². The zero-order valence-corrected chi connectivity index (χ0v) is 14.4. The van der Waals surface area contributed by atoms with Crippen LogP contribution in [0, 0.1) is 12.8 Å². The monoisotopic (exact) mass is 370 g/mol. The number of aryl methyl sites for hydroxylation is 1. The standard InChI is InChI=1S/C18H21F3N2O3/c1-11-6-5-9-13(15(11)24)16(25)23-17(26,18(19,20)21)10-14(22-23)12-7-3-2-4-8-12/h5-6,9,12,24,26H,2-4,7-8,10H2,1H3/t17-/m1/s1. The van der Waals surface area contributed by atoms with Crippen molar-refractivity contribution in [2.45, 2.75) is 57.3 Å². The molecule has 0 spiro atoms. The lowest BCUT2D eigenvalue weighted by Crippen LogP contribution is -2.56. The SMILES string of the molecule is Cc1cccc(C(=O)N2N=C(C3CCCCC3)C[C@@]2(O)C(F)(F)F)c1O. The number of rotatable bonds is 2. The van der Waals surface area contributed by atoms with E-state index in [0.717, 1.165) is 19.3 Å². The Kier molecular flexibility index (Phi) is 4.72. The van der Waals surface area contributed by atoms with Crippen LogP contribution in [0.25, 0.3) is 0 Å². The minimum atomic E-state index is -5.07. The molecule has 5 nitrogen and oxygen atoms in total. The number of hydrazone groups is 1. The molecule has 2 aliphatic rings. The minimum absolute atomic E-state index is 0.103. The van der Waals surface area contributed by atoms with Gasteiger partial charge in [0, 0.05) is 12.1 Å². The Labute approximate surface area is 149 Å². The third-order valence-corrected chi connectivity index (χ3v) is 5.20. The average Bonchev–Trinajstić information content (AvgIpc) is 2.96. The number of phenolic OH excluding ortho intramolecular Hbond substituents is 1. The Morgan fingerprint density at radius 2 is 1.92 bits per heavy atom. The van der Waals surface area contributed by atoms with Crippen molar-refractivity contribution in [1.82, 2.24) is 5.01 Å². The van der Waals surface area contributed by atoms with Crippen LogP contribution in [0.1, 0.15) is 54.4 Å². The lowest BCUT2D eigenvalue weighted by Gasteiger charge is -2.33. The molecule has 1 fully saturated rings. The number of halogens is 3. The quantitative estimate of drug-likeness (QED) is 0.833. The predicted octanol–water partition coefficient (Wildman–Crippen LogP) is 3.73. The number of alkyl halides is 3. The van der Waals surface area contributed by atoms with Crippen molar-refractivity contribution in [3.8, 4) is 5.75 Å². The number of hydrogen-bond acceptors (Lipinski definition) is 4. The van der Waals surface area contributed by atoms with E-state index in [4.69, 9.17) is 0 Å². The molecule has 1 heterocycles. The average molecular weight is 370 g/mol. The zero-order chi connectivity index (χ0) is 19.1. The fourth-order valence-corrected chi connectivity index (χ4v) is 3.62. The van der Waals surface area contributed by atoms with E-state index < -0.39 is 30.0 Å². The highest BCUT2D eigenvalue weighted by Gasteiger charge is 2.63. The van der Waals surface area contributed by atoms with Crippen molar-refractivity contribution >= 4 is 11.6 Å². The van der Waals surface area contributed by atoms with Gasteiger partial charge in [0.15, 0.2) is 0 Å². The van der Waals surface area contributed by atoms with Gasteiger partial charge in [-0.05, 0) is 37.3 Å². The van der Waals surface area contributed by atoms with E-state index in [1.54, 1.807) is 0 Å². The summed E-state index contributed by atoms with van der Waals surface area (Å²) < 4.78 is 40.8. The van der Waals surface area contributed by atoms with E-state index in [9.17, 15) is 28.2 Å². The Hall–Kier alpha value is -2.09. The van der Waals surface area contributed by atoms with Crippen molar-refractivity contribution in [2.75, 3.05) is 0 Å². The first-order chi connectivity index (χ1) is 12.1. The molecule has 1 amide bonds. The summed E-state index contributed by atoms with van der Waals surface area (Å²) in [5.41, 5.74) is -3.17. The first-order valence-electron chi connectivity index (χ1n) is 8.65. The fourth-order valence-electron chi connectivity index (χ4n) is 3.62. The van der Waals surface area contributed by atoms with Gasteiger partial charge in [0.05, 0.1) is 5.56 Å². The van der Waals surface area contributed by atoms with Crippen LogP contribution in [0.15, 0.2) is 23.3 Å². The van der Waals surface area contributed by atoms with Crippen LogP contribution in [0.3, 0.4) is 0 Å². The van der Waals surface area contributed by atoms with E-state index in [1.165, 1.54) is 25.1 Å². The van der Waals surface area contributed by atoms with E-state index in [1.807, 2.05) is 0 Å². The van der Waals surface area contributed by atoms with Gasteiger partial charge in [-0.15, -0.1) is 0 Å². The molecule has 26 heavy (non-hydrogen) atoms. The van der Waals surface area contributed by atoms with Crippen LogP contribution in [0.5, 0.6) is 5.75 Å². The summed E-state index contributed by atoms with van der Waals surface area (Å²) in [6, 6.07) is 4.20. The Balaban J connectivity index is 2.00. The fraction of sp³-hybridized carbons (Fsp3) is 0.556. The van der Waals surface area contributed by atoms with Crippen molar-refractivity contribution < 1.29 is 28.2 Å². The second kappa shape index (κ2) is 6.57. The van der Waals surface area contributed by atoms with Gasteiger partial charge in [-0.2, -0.15) is 23.3 Å². The highest BCUT2D eigenvalue weighted by Crippen LogP contribution is 2.44. The van der Waals surface area contributed by atoms with Crippen LogP contribution in [0.4, 0.5) is 13.2 Å². The predicted molar refractivity (Wildman–Crippen MR) is 88.6 cm³/mol. The molecule has 1 aromatic carbocycles. The molecule has 0 unspecified atom stereocenters. The molecule has 1 saturated carbocycles. The number of amides is 1. The lowest BCUT2D eigenvalue weighted by atomic mass is 9.83. The maximum Gasteiger partial charge on any atom is 0.438 e. The summed E-state index contributed by atoms with van der Waals surface area (Å²) >= 11 is 0. The normalized spacial score (nSPS) is 24.7. The van der Waals surface area contributed by atoms with Crippen LogP contribution in [-0.4, -0.2) is 38.7 Å². The first kappa shape index (κ1) is 18.7. The topological polar surface area (TPSA) is 73.1 Å². The smallest absolute Gasteiger partial charge is 0.438 e. The van der Waals surface area contributed by atoms with Crippen LogP contribution in [0.2, 0.25) is 0 Å². The van der Waals surface area contributed by atoms with Crippen molar-refractivity contribution in [3.63, 3.8) is 0 Å². The lowest BCUT2D eigenvalue weighted by molar-refractivity contribution is -0.297. The first-order valence-corrected chi connectivity index (χ1v) is 8.65. The number of hydrogen-bond donors (Lipinski definition) is 2. The molecule has 8 heteroatoms. The molecule has 142 valence electrons. The van der Waals surface area contributed by atoms with Crippen LogP contribution in [-0.2, 0) is 0 Å². The summed E-state index contributed by atoms with van der Waals surface area (Å²) in [5, 5.41) is 24.4. The largest absolute Gasteiger partial charge is 0.507 e. The van der Waals surface area contributed by atoms with Gasteiger partial charge in [-0.3, -0.25) is 4.79 Å². The molecule has 0 radical (unpaired) electrons. The molecule has 0 aromatic heterocycles. The molecule has 1 aliphatic heterocycles. The van der Waals surface area contributed by atoms with E-state index in [-0.39, 0.29) is 22.2 Å². The summed E-state index contributed by atoms with van der Waals surface area (Å²) in [4.78, 5) is 12.7. The third kappa shape index (κ3) is 3.06. The highest BCUT2D eigenvalue weighted by molar-refractivity contribution is 6.00. The second-order valence-electron chi connectivity index (χ2n) is 7.01. The summed E-state index contributed by atoms with van der Waals surface area (Å²) in [7, 11) is 0. The van der Waals surface area contributed by atoms with Gasteiger partial charge in [0.1, 0.15) is 5.75 Å². The molecule has 0 bridgehead atoms. The Morgan fingerprint density at radius 3 is 2.54 bits per heavy atom. The number of phenols is 1.